The Bertz CT molecular complexity index is 1310. The van der Waals surface area contributed by atoms with Crippen LogP contribution in [0.3, 0.4) is 0 Å². The summed E-state index contributed by atoms with van der Waals surface area (Å²) in [5.41, 5.74) is 3.84. The summed E-state index contributed by atoms with van der Waals surface area (Å²) in [6.45, 7) is 6.14. The minimum absolute atomic E-state index is 0.255. The molecule has 0 bridgehead atoms. The molecule has 160 valence electrons. The predicted octanol–water partition coefficient (Wildman–Crippen LogP) is 4.49. The highest BCUT2D eigenvalue weighted by molar-refractivity contribution is 5.73. The Morgan fingerprint density at radius 1 is 1.00 bits per heavy atom. The normalized spacial score (nSPS) is 12.1. The number of benzene rings is 1. The average molecular weight is 422 g/mol. The van der Waals surface area contributed by atoms with E-state index in [-0.39, 0.29) is 5.69 Å². The molecule has 1 aromatic carbocycles. The summed E-state index contributed by atoms with van der Waals surface area (Å²) in [6, 6.07) is 5.07. The molecule has 8 heteroatoms. The molecule has 0 atom stereocenters. The van der Waals surface area contributed by atoms with Gasteiger partial charge in [-0.05, 0) is 49.1 Å². The first-order valence-electron chi connectivity index (χ1n) is 10.4. The van der Waals surface area contributed by atoms with Crippen LogP contribution in [0.2, 0.25) is 0 Å². The van der Waals surface area contributed by atoms with Crippen molar-refractivity contribution < 1.29 is 8.78 Å². The first kappa shape index (κ1) is 20.8. The summed E-state index contributed by atoms with van der Waals surface area (Å²) in [7, 11) is 1.83. The predicted molar refractivity (Wildman–Crippen MR) is 116 cm³/mol. The lowest BCUT2D eigenvalue weighted by Gasteiger charge is -2.12. The van der Waals surface area contributed by atoms with Crippen LogP contribution in [-0.2, 0) is 26.4 Å². The van der Waals surface area contributed by atoms with Gasteiger partial charge in [-0.3, -0.25) is 9.67 Å². The number of rotatable bonds is 5. The Labute approximate surface area is 178 Å². The van der Waals surface area contributed by atoms with Crippen molar-refractivity contribution in [2.45, 2.75) is 40.2 Å². The van der Waals surface area contributed by atoms with Crippen molar-refractivity contribution in [1.29, 1.82) is 0 Å². The summed E-state index contributed by atoms with van der Waals surface area (Å²) >= 11 is 0. The van der Waals surface area contributed by atoms with Gasteiger partial charge in [-0.15, -0.1) is 0 Å². The van der Waals surface area contributed by atoms with Crippen LogP contribution in [0.5, 0.6) is 0 Å². The van der Waals surface area contributed by atoms with Crippen LogP contribution in [0.25, 0.3) is 22.4 Å². The van der Waals surface area contributed by atoms with E-state index in [1.165, 1.54) is 0 Å². The van der Waals surface area contributed by atoms with E-state index in [4.69, 9.17) is 4.98 Å². The van der Waals surface area contributed by atoms with E-state index in [1.54, 1.807) is 35.3 Å². The molecule has 31 heavy (non-hydrogen) atoms. The van der Waals surface area contributed by atoms with Gasteiger partial charge in [0.2, 0.25) is 0 Å². The second-order valence-electron chi connectivity index (χ2n) is 7.29. The maximum absolute atomic E-state index is 15.0. The molecule has 0 saturated heterocycles. The fourth-order valence-electron chi connectivity index (χ4n) is 3.62. The van der Waals surface area contributed by atoms with Gasteiger partial charge in [0.25, 0.3) is 0 Å². The molecular formula is C23H24F2N6. The van der Waals surface area contributed by atoms with Gasteiger partial charge in [-0.25, -0.2) is 18.8 Å². The van der Waals surface area contributed by atoms with E-state index in [2.05, 4.69) is 15.1 Å². The molecule has 0 spiro atoms. The lowest BCUT2D eigenvalue weighted by atomic mass is 10.0. The Morgan fingerprint density at radius 3 is 2.29 bits per heavy atom. The second kappa shape index (κ2) is 8.37. The third-order valence-electron chi connectivity index (χ3n) is 5.34. The minimum Gasteiger partial charge on any atom is -0.309 e. The lowest BCUT2D eigenvalue weighted by Crippen LogP contribution is -2.21. The molecule has 0 N–H and O–H groups in total. The van der Waals surface area contributed by atoms with E-state index >= 15 is 0 Å². The SMILES string of the molecule is CCc1cc(CC)c(F)c(/N=c2\ccc3ncc(-c4cnn(C)c4)nc3n2CC)c1F. The van der Waals surface area contributed by atoms with Crippen molar-refractivity contribution in [3.8, 4) is 11.3 Å². The quantitative estimate of drug-likeness (QED) is 0.476. The van der Waals surface area contributed by atoms with Crippen molar-refractivity contribution in [2.24, 2.45) is 12.0 Å². The van der Waals surface area contributed by atoms with Gasteiger partial charge in [-0.2, -0.15) is 5.10 Å². The number of halogens is 2. The highest BCUT2D eigenvalue weighted by Crippen LogP contribution is 2.29. The zero-order valence-electron chi connectivity index (χ0n) is 18.0. The topological polar surface area (TPSA) is 60.9 Å². The number of hydrogen-bond donors (Lipinski definition) is 0. The number of nitrogens with zero attached hydrogens (tertiary/aromatic N) is 6. The van der Waals surface area contributed by atoms with Gasteiger partial charge in [-0.1, -0.05) is 13.8 Å². The van der Waals surface area contributed by atoms with Gasteiger partial charge < -0.3 is 4.57 Å². The molecule has 0 radical (unpaired) electrons. The van der Waals surface area contributed by atoms with Crippen LogP contribution in [0.15, 0.2) is 41.8 Å². The Balaban J connectivity index is 1.97. The molecule has 0 aliphatic carbocycles. The maximum Gasteiger partial charge on any atom is 0.160 e. The van der Waals surface area contributed by atoms with Crippen LogP contribution in [-0.4, -0.2) is 24.3 Å². The van der Waals surface area contributed by atoms with Crippen LogP contribution < -0.4 is 5.49 Å². The molecule has 3 heterocycles. The van der Waals surface area contributed by atoms with Crippen molar-refractivity contribution >= 4 is 16.9 Å². The standard InChI is InChI=1S/C23H24F2N6/c1-5-14-10-15(6-2)21(25)22(20(14)24)29-19-9-8-17-23(31(19)7-3)28-18(12-26-17)16-11-27-30(4)13-16/h8-13H,5-7H2,1-4H3/b29-19+. The summed E-state index contributed by atoms with van der Waals surface area (Å²) in [5.74, 6) is -1.23. The second-order valence-corrected chi connectivity index (χ2v) is 7.29. The Kier molecular flexibility index (Phi) is 5.63. The largest absolute Gasteiger partial charge is 0.309 e. The van der Waals surface area contributed by atoms with Crippen molar-refractivity contribution in [1.82, 2.24) is 24.3 Å². The fourth-order valence-corrected chi connectivity index (χ4v) is 3.62. The molecule has 0 aliphatic rings. The number of aryl methyl sites for hydroxylation is 4. The average Bonchev–Trinajstić information content (AvgIpc) is 3.22. The van der Waals surface area contributed by atoms with E-state index in [0.717, 1.165) is 5.56 Å². The van der Waals surface area contributed by atoms with Crippen LogP contribution in [0.4, 0.5) is 14.5 Å². The fraction of sp³-hybridized carbons (Fsp3) is 0.304. The smallest absolute Gasteiger partial charge is 0.160 e. The molecule has 0 fully saturated rings. The summed E-state index contributed by atoms with van der Waals surface area (Å²) in [5, 5.41) is 4.18. The summed E-state index contributed by atoms with van der Waals surface area (Å²) in [4.78, 5) is 13.7. The Hall–Kier alpha value is -3.42. The van der Waals surface area contributed by atoms with E-state index < -0.39 is 11.6 Å². The van der Waals surface area contributed by atoms with E-state index in [0.29, 0.717) is 52.9 Å². The van der Waals surface area contributed by atoms with Gasteiger partial charge in [0.15, 0.2) is 17.3 Å². The number of fused-ring (bicyclic) bond motifs is 1. The molecule has 4 rings (SSSR count). The van der Waals surface area contributed by atoms with Crippen LogP contribution in [0, 0.1) is 11.6 Å². The zero-order chi connectivity index (χ0) is 22.1. The summed E-state index contributed by atoms with van der Waals surface area (Å²) < 4.78 is 33.5. The molecule has 0 unspecified atom stereocenters. The van der Waals surface area contributed by atoms with Gasteiger partial charge in [0, 0.05) is 25.4 Å². The number of aromatic nitrogens is 5. The Morgan fingerprint density at radius 2 is 1.71 bits per heavy atom. The molecule has 6 nitrogen and oxygen atoms in total. The molecule has 4 aromatic rings. The van der Waals surface area contributed by atoms with Crippen molar-refractivity contribution in [3.05, 3.63) is 65.0 Å². The van der Waals surface area contributed by atoms with Gasteiger partial charge in [0.05, 0.1) is 18.1 Å². The molecule has 3 aromatic heterocycles. The molecule has 0 amide bonds. The molecule has 0 saturated carbocycles. The monoisotopic (exact) mass is 422 g/mol. The molecule has 0 aliphatic heterocycles. The number of pyridine rings is 1. The number of hydrogen-bond acceptors (Lipinski definition) is 4. The lowest BCUT2D eigenvalue weighted by molar-refractivity contribution is 0.566. The van der Waals surface area contributed by atoms with Gasteiger partial charge >= 0.3 is 0 Å². The summed E-state index contributed by atoms with van der Waals surface area (Å²) in [6.07, 6.45) is 6.19. The zero-order valence-corrected chi connectivity index (χ0v) is 18.0. The van der Waals surface area contributed by atoms with E-state index in [1.807, 2.05) is 38.6 Å². The third kappa shape index (κ3) is 3.73. The van der Waals surface area contributed by atoms with E-state index in [9.17, 15) is 8.78 Å². The van der Waals surface area contributed by atoms with Crippen LogP contribution >= 0.6 is 0 Å². The first-order valence-corrected chi connectivity index (χ1v) is 10.4. The van der Waals surface area contributed by atoms with Crippen molar-refractivity contribution in [3.63, 3.8) is 0 Å². The minimum atomic E-state index is -0.616. The maximum atomic E-state index is 15.0. The van der Waals surface area contributed by atoms with Gasteiger partial charge in [0.1, 0.15) is 16.7 Å². The highest BCUT2D eigenvalue weighted by atomic mass is 19.1. The van der Waals surface area contributed by atoms with Crippen molar-refractivity contribution in [2.75, 3.05) is 0 Å². The molecular weight excluding hydrogens is 398 g/mol. The first-order chi connectivity index (χ1) is 15.0. The highest BCUT2D eigenvalue weighted by Gasteiger charge is 2.17. The van der Waals surface area contributed by atoms with Crippen LogP contribution in [0.1, 0.15) is 31.9 Å². The third-order valence-corrected chi connectivity index (χ3v) is 5.34.